The lowest BCUT2D eigenvalue weighted by Crippen LogP contribution is -2.27. The van der Waals surface area contributed by atoms with E-state index >= 15 is 0 Å². The van der Waals surface area contributed by atoms with Crippen LogP contribution in [-0.4, -0.2) is 20.5 Å². The summed E-state index contributed by atoms with van der Waals surface area (Å²) in [5, 5.41) is 4.04. The van der Waals surface area contributed by atoms with Crippen LogP contribution in [0.25, 0.3) is 0 Å². The monoisotopic (exact) mass is 207 g/mol. The summed E-state index contributed by atoms with van der Waals surface area (Å²) in [6, 6.07) is 0. The summed E-state index contributed by atoms with van der Waals surface area (Å²) in [5.74, 6) is 0.696. The number of ketones is 1. The summed E-state index contributed by atoms with van der Waals surface area (Å²) in [7, 11) is 0. The predicted molar refractivity (Wildman–Crippen MR) is 56.6 cm³/mol. The van der Waals surface area contributed by atoms with Crippen molar-refractivity contribution < 1.29 is 4.79 Å². The fourth-order valence-electron chi connectivity index (χ4n) is 2.32. The zero-order chi connectivity index (χ0) is 10.9. The van der Waals surface area contributed by atoms with Crippen molar-refractivity contribution in [1.82, 2.24) is 14.8 Å². The third-order valence-electron chi connectivity index (χ3n) is 3.37. The van der Waals surface area contributed by atoms with Crippen molar-refractivity contribution in [3.05, 3.63) is 12.2 Å². The molecular weight excluding hydrogens is 190 g/mol. The molecule has 0 unspecified atom stereocenters. The largest absolute Gasteiger partial charge is 0.290 e. The van der Waals surface area contributed by atoms with E-state index in [2.05, 4.69) is 17.0 Å². The molecule has 1 heterocycles. The zero-order valence-corrected chi connectivity index (χ0v) is 9.36. The summed E-state index contributed by atoms with van der Waals surface area (Å²) in [6.07, 6.45) is 5.75. The third kappa shape index (κ3) is 1.68. The van der Waals surface area contributed by atoms with E-state index < -0.39 is 0 Å². The second kappa shape index (κ2) is 3.76. The van der Waals surface area contributed by atoms with Gasteiger partial charge in [-0.05, 0) is 19.8 Å². The molecule has 0 atom stereocenters. The normalized spacial score (nSPS) is 19.3. The van der Waals surface area contributed by atoms with Crippen molar-refractivity contribution in [2.45, 2.75) is 46.1 Å². The number of Topliss-reactive ketones (excluding diaryl/α,β-unsaturated/α-hetero) is 1. The highest BCUT2D eigenvalue weighted by Crippen LogP contribution is 2.39. The van der Waals surface area contributed by atoms with Crippen molar-refractivity contribution in [3.8, 4) is 0 Å². The molecule has 0 saturated heterocycles. The van der Waals surface area contributed by atoms with Crippen molar-refractivity contribution in [3.63, 3.8) is 0 Å². The van der Waals surface area contributed by atoms with E-state index in [1.165, 1.54) is 6.33 Å². The van der Waals surface area contributed by atoms with Crippen molar-refractivity contribution in [1.29, 1.82) is 0 Å². The maximum atomic E-state index is 12.3. The summed E-state index contributed by atoms with van der Waals surface area (Å²) in [4.78, 5) is 16.4. The van der Waals surface area contributed by atoms with Gasteiger partial charge in [-0.3, -0.25) is 4.79 Å². The Morgan fingerprint density at radius 2 is 2.20 bits per heavy atom. The molecule has 82 valence electrons. The third-order valence-corrected chi connectivity index (χ3v) is 3.37. The Hall–Kier alpha value is -1.19. The van der Waals surface area contributed by atoms with Gasteiger partial charge in [0.15, 0.2) is 5.82 Å². The van der Waals surface area contributed by atoms with Crippen LogP contribution in [0.2, 0.25) is 0 Å². The van der Waals surface area contributed by atoms with Gasteiger partial charge in [0.2, 0.25) is 5.78 Å². The van der Waals surface area contributed by atoms with Gasteiger partial charge in [-0.1, -0.05) is 19.8 Å². The second-order valence-corrected chi connectivity index (χ2v) is 4.50. The van der Waals surface area contributed by atoms with Gasteiger partial charge in [-0.15, -0.1) is 0 Å². The maximum absolute atomic E-state index is 12.3. The second-order valence-electron chi connectivity index (χ2n) is 4.50. The van der Waals surface area contributed by atoms with E-state index in [4.69, 9.17) is 0 Å². The highest BCUT2D eigenvalue weighted by molar-refractivity contribution is 5.97. The van der Waals surface area contributed by atoms with Gasteiger partial charge in [0.25, 0.3) is 0 Å². The predicted octanol–water partition coefficient (Wildman–Crippen LogP) is 2.06. The molecule has 0 radical (unpaired) electrons. The molecule has 1 aliphatic rings. The lowest BCUT2D eigenvalue weighted by Gasteiger charge is -2.20. The van der Waals surface area contributed by atoms with Crippen LogP contribution in [0.1, 0.15) is 50.1 Å². The molecule has 1 fully saturated rings. The minimum atomic E-state index is -0.194. The number of rotatable bonds is 3. The average Bonchev–Trinajstić information content (AvgIpc) is 2.85. The molecule has 2 rings (SSSR count). The lowest BCUT2D eigenvalue weighted by molar-refractivity contribution is 0.0805. The lowest BCUT2D eigenvalue weighted by atomic mass is 9.83. The first-order valence-electron chi connectivity index (χ1n) is 5.60. The van der Waals surface area contributed by atoms with Crippen LogP contribution in [0, 0.1) is 5.41 Å². The Labute approximate surface area is 89.7 Å². The Kier molecular flexibility index (Phi) is 2.59. The molecule has 4 nitrogen and oxygen atoms in total. The summed E-state index contributed by atoms with van der Waals surface area (Å²) < 4.78 is 1.69. The molecule has 15 heavy (non-hydrogen) atoms. The molecule has 4 heteroatoms. The smallest absolute Gasteiger partial charge is 0.205 e. The van der Waals surface area contributed by atoms with Crippen LogP contribution >= 0.6 is 0 Å². The first-order valence-corrected chi connectivity index (χ1v) is 5.60. The first-order chi connectivity index (χ1) is 7.17. The molecule has 0 spiro atoms. The molecule has 1 aliphatic carbocycles. The number of aryl methyl sites for hydroxylation is 1. The van der Waals surface area contributed by atoms with Crippen LogP contribution in [0.15, 0.2) is 6.33 Å². The van der Waals surface area contributed by atoms with Crippen LogP contribution in [0.4, 0.5) is 0 Å². The van der Waals surface area contributed by atoms with Gasteiger partial charge < -0.3 is 0 Å². The van der Waals surface area contributed by atoms with E-state index in [0.717, 1.165) is 25.7 Å². The van der Waals surface area contributed by atoms with Gasteiger partial charge in [0.1, 0.15) is 6.33 Å². The zero-order valence-electron chi connectivity index (χ0n) is 9.36. The summed E-state index contributed by atoms with van der Waals surface area (Å²) >= 11 is 0. The van der Waals surface area contributed by atoms with Crippen molar-refractivity contribution in [2.75, 3.05) is 0 Å². The Bertz CT molecular complexity index is 364. The summed E-state index contributed by atoms with van der Waals surface area (Å²) in [5.41, 5.74) is -0.194. The van der Waals surface area contributed by atoms with E-state index in [0.29, 0.717) is 12.4 Å². The highest BCUT2D eigenvalue weighted by Gasteiger charge is 2.38. The van der Waals surface area contributed by atoms with E-state index in [1.807, 2.05) is 6.92 Å². The number of hydrogen-bond donors (Lipinski definition) is 0. The fraction of sp³-hybridized carbons (Fsp3) is 0.727. The molecule has 1 aromatic rings. The van der Waals surface area contributed by atoms with Crippen LogP contribution in [0.5, 0.6) is 0 Å². The van der Waals surface area contributed by atoms with Crippen LogP contribution < -0.4 is 0 Å². The van der Waals surface area contributed by atoms with Gasteiger partial charge in [-0.25, -0.2) is 9.67 Å². The van der Waals surface area contributed by atoms with Gasteiger partial charge in [0.05, 0.1) is 0 Å². The minimum absolute atomic E-state index is 0.166. The standard InChI is InChI=1S/C11H17N3O/c1-3-14-10(12-8-13-14)9(15)11(2)6-4-5-7-11/h8H,3-7H2,1-2H3. The van der Waals surface area contributed by atoms with Gasteiger partial charge >= 0.3 is 0 Å². The molecule has 0 bridgehead atoms. The average molecular weight is 207 g/mol. The topological polar surface area (TPSA) is 47.8 Å². The Morgan fingerprint density at radius 1 is 1.53 bits per heavy atom. The molecular formula is C11H17N3O. The van der Waals surface area contributed by atoms with Gasteiger partial charge in [-0.2, -0.15) is 5.10 Å². The maximum Gasteiger partial charge on any atom is 0.205 e. The molecule has 0 aliphatic heterocycles. The number of aromatic nitrogens is 3. The van der Waals surface area contributed by atoms with Crippen LogP contribution in [0.3, 0.4) is 0 Å². The van der Waals surface area contributed by atoms with Crippen molar-refractivity contribution in [2.24, 2.45) is 5.41 Å². The van der Waals surface area contributed by atoms with E-state index in [1.54, 1.807) is 4.68 Å². The van der Waals surface area contributed by atoms with E-state index in [9.17, 15) is 4.79 Å². The number of nitrogens with zero attached hydrogens (tertiary/aromatic N) is 3. The van der Waals surface area contributed by atoms with Gasteiger partial charge in [0, 0.05) is 12.0 Å². The minimum Gasteiger partial charge on any atom is -0.290 e. The van der Waals surface area contributed by atoms with E-state index in [-0.39, 0.29) is 11.2 Å². The Morgan fingerprint density at radius 3 is 2.80 bits per heavy atom. The number of hydrogen-bond acceptors (Lipinski definition) is 3. The quantitative estimate of drug-likeness (QED) is 0.713. The summed E-state index contributed by atoms with van der Waals surface area (Å²) in [6.45, 7) is 4.73. The highest BCUT2D eigenvalue weighted by atomic mass is 16.1. The number of carbonyl (C=O) groups excluding carboxylic acids is 1. The first kappa shape index (κ1) is 10.3. The Balaban J connectivity index is 2.27. The van der Waals surface area contributed by atoms with Crippen LogP contribution in [-0.2, 0) is 6.54 Å². The fourth-order valence-corrected chi connectivity index (χ4v) is 2.32. The molecule has 0 N–H and O–H groups in total. The molecule has 0 amide bonds. The molecule has 0 aromatic carbocycles. The van der Waals surface area contributed by atoms with Crippen molar-refractivity contribution >= 4 is 5.78 Å². The molecule has 1 saturated carbocycles. The number of carbonyl (C=O) groups is 1. The SMILES string of the molecule is CCn1ncnc1C(=O)C1(C)CCCC1. The molecule has 1 aromatic heterocycles.